The van der Waals surface area contributed by atoms with Crippen LogP contribution in [0.15, 0.2) is 24.3 Å². The number of phosphoric acid groups is 1. The quantitative estimate of drug-likeness (QED) is 0.0444. The number of benzene rings is 1. The number of ether oxygens (including phenoxy) is 4. The lowest BCUT2D eigenvalue weighted by molar-refractivity contribution is -0.384. The lowest BCUT2D eigenvalue weighted by atomic mass is 10.1. The van der Waals surface area contributed by atoms with E-state index in [0.717, 1.165) is 31.4 Å². The van der Waals surface area contributed by atoms with Crippen LogP contribution in [0.3, 0.4) is 0 Å². The van der Waals surface area contributed by atoms with Gasteiger partial charge in [-0.05, 0) is 25.5 Å². The van der Waals surface area contributed by atoms with Gasteiger partial charge in [0, 0.05) is 18.7 Å². The molecule has 0 aliphatic rings. The molecule has 1 unspecified atom stereocenters. The largest absolute Gasteiger partial charge is 0.513 e. The molecule has 0 aliphatic carbocycles. The summed E-state index contributed by atoms with van der Waals surface area (Å²) in [6, 6.07) is 4.79. The predicted molar refractivity (Wildman–Crippen MR) is 140 cm³/mol. The van der Waals surface area contributed by atoms with Gasteiger partial charge in [-0.15, -0.1) is 0 Å². The second-order valence-corrected chi connectivity index (χ2v) is 10.00. The summed E-state index contributed by atoms with van der Waals surface area (Å²) in [5, 5.41) is 10.7. The molecule has 222 valence electrons. The van der Waals surface area contributed by atoms with Crippen molar-refractivity contribution >= 4 is 25.6 Å². The summed E-state index contributed by atoms with van der Waals surface area (Å²) in [6.07, 6.45) is 6.66. The molecule has 0 saturated heterocycles. The highest BCUT2D eigenvalue weighted by atomic mass is 31.2. The van der Waals surface area contributed by atoms with E-state index in [1.165, 1.54) is 51.2 Å². The fraction of sp³-hybridized carbons (Fsp3) is 0.680. The SMILES string of the molecule is CCCCCCCCCCOC[C@H](COP(=O)(O)OCC)OC(=O)CCOC(=O)Oc1ccc([N+](=O)[O-])cc1. The Kier molecular flexibility index (Phi) is 18.0. The van der Waals surface area contributed by atoms with Gasteiger partial charge in [0.25, 0.3) is 5.69 Å². The Hall–Kier alpha value is -2.57. The van der Waals surface area contributed by atoms with Crippen molar-refractivity contribution in [2.45, 2.75) is 77.7 Å². The number of hydrogen-bond donors (Lipinski definition) is 1. The summed E-state index contributed by atoms with van der Waals surface area (Å²) in [5.41, 5.74) is -0.169. The van der Waals surface area contributed by atoms with Crippen LogP contribution in [0.25, 0.3) is 0 Å². The van der Waals surface area contributed by atoms with E-state index >= 15 is 0 Å². The number of rotatable bonds is 22. The molecule has 39 heavy (non-hydrogen) atoms. The molecule has 0 radical (unpaired) electrons. The summed E-state index contributed by atoms with van der Waals surface area (Å²) >= 11 is 0. The first-order valence-electron chi connectivity index (χ1n) is 13.1. The van der Waals surface area contributed by atoms with Crippen LogP contribution in [0.4, 0.5) is 10.5 Å². The zero-order valence-electron chi connectivity index (χ0n) is 22.6. The number of carbonyl (C=O) groups excluding carboxylic acids is 2. The molecule has 0 spiro atoms. The van der Waals surface area contributed by atoms with Crippen LogP contribution in [0.2, 0.25) is 0 Å². The normalized spacial score (nSPS) is 13.3. The molecule has 1 N–H and O–H groups in total. The van der Waals surface area contributed by atoms with E-state index in [4.69, 9.17) is 23.5 Å². The number of nitrogens with zero attached hydrogens (tertiary/aromatic N) is 1. The van der Waals surface area contributed by atoms with Crippen molar-refractivity contribution in [3.05, 3.63) is 34.4 Å². The zero-order chi connectivity index (χ0) is 28.9. The number of carbonyl (C=O) groups is 2. The minimum atomic E-state index is -4.30. The average Bonchev–Trinajstić information content (AvgIpc) is 2.88. The second kappa shape index (κ2) is 20.3. The number of unbranched alkanes of at least 4 members (excludes halogenated alkanes) is 7. The summed E-state index contributed by atoms with van der Waals surface area (Å²) in [6.45, 7) is 3.25. The van der Waals surface area contributed by atoms with E-state index in [1.807, 2.05) is 0 Å². The van der Waals surface area contributed by atoms with E-state index in [0.29, 0.717) is 6.61 Å². The highest BCUT2D eigenvalue weighted by molar-refractivity contribution is 7.47. The summed E-state index contributed by atoms with van der Waals surface area (Å²) in [4.78, 5) is 43.7. The standard InChI is InChI=1S/C25H40NO12P/c1-3-5-6-7-8-9-10-11-17-33-19-23(20-36-39(31,32)35-4-2)37-24(27)16-18-34-25(28)38-22-14-12-21(13-15-22)26(29)30/h12-15,23H,3-11,16-20H2,1-2H3,(H,31,32)/t23-/m1/s1. The van der Waals surface area contributed by atoms with Crippen molar-refractivity contribution in [3.63, 3.8) is 0 Å². The first-order chi connectivity index (χ1) is 18.7. The van der Waals surface area contributed by atoms with Gasteiger partial charge in [-0.25, -0.2) is 9.36 Å². The van der Waals surface area contributed by atoms with Crippen molar-refractivity contribution in [3.8, 4) is 5.75 Å². The fourth-order valence-electron chi connectivity index (χ4n) is 3.27. The van der Waals surface area contributed by atoms with Gasteiger partial charge in [0.15, 0.2) is 0 Å². The third kappa shape index (κ3) is 17.6. The molecule has 0 amide bonds. The first-order valence-corrected chi connectivity index (χ1v) is 14.6. The van der Waals surface area contributed by atoms with Crippen molar-refractivity contribution in [1.29, 1.82) is 0 Å². The van der Waals surface area contributed by atoms with Gasteiger partial charge >= 0.3 is 19.9 Å². The maximum absolute atomic E-state index is 12.2. The van der Waals surface area contributed by atoms with Crippen molar-refractivity contribution in [2.75, 3.05) is 33.0 Å². The Morgan fingerprint density at radius 1 is 0.949 bits per heavy atom. The highest BCUT2D eigenvalue weighted by Gasteiger charge is 2.25. The third-order valence-corrected chi connectivity index (χ3v) is 6.29. The van der Waals surface area contributed by atoms with E-state index < -0.39 is 37.6 Å². The highest BCUT2D eigenvalue weighted by Crippen LogP contribution is 2.43. The fourth-order valence-corrected chi connectivity index (χ4v) is 4.03. The van der Waals surface area contributed by atoms with Crippen LogP contribution >= 0.6 is 7.82 Å². The topological polar surface area (TPSA) is 170 Å². The molecule has 0 aromatic heterocycles. The lowest BCUT2D eigenvalue weighted by Gasteiger charge is -2.19. The Morgan fingerprint density at radius 3 is 2.21 bits per heavy atom. The number of nitro benzene ring substituents is 1. The van der Waals surface area contributed by atoms with Gasteiger partial charge in [0.05, 0.1) is 31.2 Å². The van der Waals surface area contributed by atoms with Gasteiger partial charge in [-0.1, -0.05) is 51.9 Å². The smallest absolute Gasteiger partial charge is 0.457 e. The number of esters is 1. The van der Waals surface area contributed by atoms with Crippen LogP contribution in [-0.4, -0.2) is 61.1 Å². The van der Waals surface area contributed by atoms with Gasteiger partial charge in [-0.3, -0.25) is 24.0 Å². The van der Waals surface area contributed by atoms with E-state index in [1.54, 1.807) is 0 Å². The van der Waals surface area contributed by atoms with Crippen LogP contribution in [-0.2, 0) is 32.6 Å². The Balaban J connectivity index is 2.40. The van der Waals surface area contributed by atoms with E-state index in [9.17, 15) is 29.2 Å². The van der Waals surface area contributed by atoms with Crippen molar-refractivity contribution in [1.82, 2.24) is 0 Å². The van der Waals surface area contributed by atoms with Gasteiger partial charge < -0.3 is 23.8 Å². The van der Waals surface area contributed by atoms with Crippen LogP contribution < -0.4 is 4.74 Å². The molecule has 0 aliphatic heterocycles. The molecular formula is C25H40NO12P. The second-order valence-electron chi connectivity index (χ2n) is 8.55. The number of non-ortho nitro benzene ring substituents is 1. The van der Waals surface area contributed by atoms with Gasteiger partial charge in [0.1, 0.15) is 18.5 Å². The Bertz CT molecular complexity index is 896. The summed E-state index contributed by atoms with van der Waals surface area (Å²) in [5.74, 6) is -0.728. The number of nitro groups is 1. The molecule has 0 saturated carbocycles. The molecule has 14 heteroatoms. The maximum Gasteiger partial charge on any atom is 0.513 e. The zero-order valence-corrected chi connectivity index (χ0v) is 23.5. The Morgan fingerprint density at radius 2 is 1.59 bits per heavy atom. The Labute approximate surface area is 228 Å². The molecule has 1 aromatic carbocycles. The molecule has 1 aromatic rings. The maximum atomic E-state index is 12.2. The van der Waals surface area contributed by atoms with Gasteiger partial charge in [0.2, 0.25) is 0 Å². The molecule has 0 heterocycles. The van der Waals surface area contributed by atoms with Crippen molar-refractivity contribution in [2.24, 2.45) is 0 Å². The molecule has 0 bridgehead atoms. The van der Waals surface area contributed by atoms with E-state index in [2.05, 4.69) is 11.4 Å². The lowest BCUT2D eigenvalue weighted by Crippen LogP contribution is -2.29. The summed E-state index contributed by atoms with van der Waals surface area (Å²) < 4.78 is 41.9. The predicted octanol–water partition coefficient (Wildman–Crippen LogP) is 5.72. The van der Waals surface area contributed by atoms with Gasteiger partial charge in [-0.2, -0.15) is 0 Å². The van der Waals surface area contributed by atoms with Crippen LogP contribution in [0, 0.1) is 10.1 Å². The van der Waals surface area contributed by atoms with E-state index in [-0.39, 0.29) is 37.7 Å². The molecule has 13 nitrogen and oxygen atoms in total. The number of phosphoric ester groups is 1. The molecule has 2 atom stereocenters. The monoisotopic (exact) mass is 577 g/mol. The minimum Gasteiger partial charge on any atom is -0.457 e. The molecule has 1 rings (SSSR count). The van der Waals surface area contributed by atoms with Crippen molar-refractivity contribution < 1.29 is 52.0 Å². The third-order valence-electron chi connectivity index (χ3n) is 5.23. The average molecular weight is 578 g/mol. The van der Waals surface area contributed by atoms with Crippen LogP contribution in [0.5, 0.6) is 5.75 Å². The molecular weight excluding hydrogens is 537 g/mol. The minimum absolute atomic E-state index is 0.0294. The number of hydrogen-bond acceptors (Lipinski definition) is 11. The first kappa shape index (κ1) is 34.5. The summed E-state index contributed by atoms with van der Waals surface area (Å²) in [7, 11) is -4.30. The van der Waals surface area contributed by atoms with Crippen LogP contribution in [0.1, 0.15) is 71.6 Å². The molecule has 0 fully saturated rings.